The molecule has 0 aliphatic carbocycles. The first-order valence-electron chi connectivity index (χ1n) is 3.88. The monoisotopic (exact) mass is 231 g/mol. The Hall–Kier alpha value is -1.34. The van der Waals surface area contributed by atoms with Gasteiger partial charge in [0.15, 0.2) is 0 Å². The molecule has 0 fully saturated rings. The van der Waals surface area contributed by atoms with Gasteiger partial charge in [-0.05, 0) is 6.92 Å². The van der Waals surface area contributed by atoms with E-state index in [1.807, 2.05) is 0 Å². The Morgan fingerprint density at radius 3 is 2.13 bits per heavy atom. The molecular weight excluding hydrogens is 222 g/mol. The molecule has 88 valence electrons. The van der Waals surface area contributed by atoms with E-state index in [1.165, 1.54) is 0 Å². The molecule has 0 aromatic rings. The lowest BCUT2D eigenvalue weighted by Crippen LogP contribution is -2.49. The van der Waals surface area contributed by atoms with Crippen molar-refractivity contribution in [3.63, 3.8) is 0 Å². The van der Waals surface area contributed by atoms with Crippen LogP contribution in [0.25, 0.3) is 0 Å². The van der Waals surface area contributed by atoms with Crippen LogP contribution in [0, 0.1) is 0 Å². The fraction of sp³-hybridized carbons (Fsp3) is 0.714. The van der Waals surface area contributed by atoms with Crippen molar-refractivity contribution < 1.29 is 32.3 Å². The van der Waals surface area contributed by atoms with Crippen LogP contribution in [0.4, 0.5) is 17.6 Å². The van der Waals surface area contributed by atoms with Gasteiger partial charge in [-0.15, -0.1) is 0 Å². The third kappa shape index (κ3) is 3.72. The Labute approximate surface area is 82.5 Å². The number of alkyl halides is 4. The Morgan fingerprint density at radius 2 is 1.87 bits per heavy atom. The number of hydrogen-bond acceptors (Lipinski definition) is 2. The molecule has 1 atom stereocenters. The van der Waals surface area contributed by atoms with Crippen LogP contribution in [-0.4, -0.2) is 47.3 Å². The summed E-state index contributed by atoms with van der Waals surface area (Å²) < 4.78 is 47.7. The summed E-state index contributed by atoms with van der Waals surface area (Å²) in [5.74, 6) is -3.98. The molecule has 0 saturated carbocycles. The Balaban J connectivity index is 4.81. The lowest BCUT2D eigenvalue weighted by atomic mass is 10.2. The topological polar surface area (TPSA) is 57.6 Å². The van der Waals surface area contributed by atoms with Crippen molar-refractivity contribution >= 4 is 11.9 Å². The first kappa shape index (κ1) is 13.7. The molecule has 0 heterocycles. The summed E-state index contributed by atoms with van der Waals surface area (Å²) in [6, 6.07) is -1.71. The number of carboxylic acids is 1. The minimum absolute atomic E-state index is 0.0671. The van der Waals surface area contributed by atoms with Gasteiger partial charge in [0.25, 0.3) is 0 Å². The molecule has 0 rings (SSSR count). The predicted octanol–water partition coefficient (Wildman–Crippen LogP) is 0.820. The van der Waals surface area contributed by atoms with Crippen molar-refractivity contribution in [1.29, 1.82) is 0 Å². The molecule has 0 aliphatic rings. The van der Waals surface area contributed by atoms with Gasteiger partial charge in [-0.3, -0.25) is 4.79 Å². The molecule has 15 heavy (non-hydrogen) atoms. The van der Waals surface area contributed by atoms with E-state index < -0.39 is 37.3 Å². The molecule has 0 bridgehead atoms. The second-order valence-corrected chi connectivity index (χ2v) is 2.70. The van der Waals surface area contributed by atoms with Gasteiger partial charge >= 0.3 is 18.1 Å². The second kappa shape index (κ2) is 4.94. The summed E-state index contributed by atoms with van der Waals surface area (Å²) in [5.41, 5.74) is 0. The van der Waals surface area contributed by atoms with Crippen LogP contribution in [0.3, 0.4) is 0 Å². The van der Waals surface area contributed by atoms with E-state index in [0.29, 0.717) is 0 Å². The highest BCUT2D eigenvalue weighted by Gasteiger charge is 2.44. The van der Waals surface area contributed by atoms with Gasteiger partial charge in [0.05, 0.1) is 6.54 Å². The molecule has 4 nitrogen and oxygen atoms in total. The number of amides is 1. The molecule has 1 unspecified atom stereocenters. The van der Waals surface area contributed by atoms with E-state index in [-0.39, 0.29) is 4.90 Å². The predicted molar refractivity (Wildman–Crippen MR) is 40.8 cm³/mol. The maximum atomic E-state index is 11.9. The van der Waals surface area contributed by atoms with Gasteiger partial charge in [-0.1, -0.05) is 0 Å². The van der Waals surface area contributed by atoms with Gasteiger partial charge in [0, 0.05) is 0 Å². The third-order valence-corrected chi connectivity index (χ3v) is 1.65. The third-order valence-electron chi connectivity index (χ3n) is 1.65. The second-order valence-electron chi connectivity index (χ2n) is 2.70. The first-order chi connectivity index (χ1) is 6.71. The zero-order chi connectivity index (χ0) is 12.2. The molecule has 0 radical (unpaired) electrons. The summed E-state index contributed by atoms with van der Waals surface area (Å²) in [7, 11) is 0. The zero-order valence-electron chi connectivity index (χ0n) is 7.71. The normalized spacial score (nSPS) is 13.4. The van der Waals surface area contributed by atoms with E-state index in [2.05, 4.69) is 0 Å². The SMILES string of the molecule is CC(C(=O)O)N(CCF)C(=O)C(F)(F)F. The lowest BCUT2D eigenvalue weighted by Gasteiger charge is -2.25. The summed E-state index contributed by atoms with van der Waals surface area (Å²) in [4.78, 5) is 21.0. The maximum absolute atomic E-state index is 11.9. The number of carboxylic acid groups (broad SMARTS) is 1. The maximum Gasteiger partial charge on any atom is 0.471 e. The van der Waals surface area contributed by atoms with Crippen molar-refractivity contribution in [2.24, 2.45) is 0 Å². The van der Waals surface area contributed by atoms with Gasteiger partial charge < -0.3 is 10.0 Å². The van der Waals surface area contributed by atoms with Crippen LogP contribution in [0.2, 0.25) is 0 Å². The van der Waals surface area contributed by atoms with Gasteiger partial charge in [0.1, 0.15) is 12.7 Å². The quantitative estimate of drug-likeness (QED) is 0.729. The number of halogens is 4. The summed E-state index contributed by atoms with van der Waals surface area (Å²) in [5, 5.41) is 8.41. The van der Waals surface area contributed by atoms with Crippen molar-refractivity contribution in [3.8, 4) is 0 Å². The molecular formula is C7H9F4NO3. The van der Waals surface area contributed by atoms with Crippen molar-refractivity contribution in [1.82, 2.24) is 4.90 Å². The highest BCUT2D eigenvalue weighted by atomic mass is 19.4. The van der Waals surface area contributed by atoms with Gasteiger partial charge in [-0.2, -0.15) is 13.2 Å². The van der Waals surface area contributed by atoms with Crippen molar-refractivity contribution in [2.75, 3.05) is 13.2 Å². The average molecular weight is 231 g/mol. The number of carbonyl (C=O) groups is 2. The molecule has 1 amide bonds. The Morgan fingerprint density at radius 1 is 1.40 bits per heavy atom. The Bertz CT molecular complexity index is 253. The highest BCUT2D eigenvalue weighted by Crippen LogP contribution is 2.19. The molecule has 1 N–H and O–H groups in total. The van der Waals surface area contributed by atoms with Gasteiger partial charge in [0.2, 0.25) is 0 Å². The fourth-order valence-corrected chi connectivity index (χ4v) is 0.858. The number of hydrogen-bond donors (Lipinski definition) is 1. The van der Waals surface area contributed by atoms with Crippen LogP contribution >= 0.6 is 0 Å². The van der Waals surface area contributed by atoms with E-state index >= 15 is 0 Å². The van der Waals surface area contributed by atoms with Gasteiger partial charge in [-0.25, -0.2) is 9.18 Å². The molecule has 0 saturated heterocycles. The van der Waals surface area contributed by atoms with Crippen molar-refractivity contribution in [2.45, 2.75) is 19.1 Å². The van der Waals surface area contributed by atoms with Crippen LogP contribution in [0.15, 0.2) is 0 Å². The summed E-state index contributed by atoms with van der Waals surface area (Å²) in [6.07, 6.45) is -5.20. The zero-order valence-corrected chi connectivity index (χ0v) is 7.71. The summed E-state index contributed by atoms with van der Waals surface area (Å²) in [6.45, 7) is -1.26. The molecule has 0 spiro atoms. The standard InChI is InChI=1S/C7H9F4NO3/c1-4(5(13)14)12(3-2-8)6(15)7(9,10)11/h4H,2-3H2,1H3,(H,13,14). The van der Waals surface area contributed by atoms with E-state index in [0.717, 1.165) is 6.92 Å². The Kier molecular flexibility index (Phi) is 4.50. The minimum Gasteiger partial charge on any atom is -0.480 e. The first-order valence-corrected chi connectivity index (χ1v) is 3.88. The average Bonchev–Trinajstić information content (AvgIpc) is 2.10. The number of carbonyl (C=O) groups excluding carboxylic acids is 1. The molecule has 0 aromatic heterocycles. The number of nitrogens with zero attached hydrogens (tertiary/aromatic N) is 1. The summed E-state index contributed by atoms with van der Waals surface area (Å²) >= 11 is 0. The van der Waals surface area contributed by atoms with Crippen LogP contribution in [-0.2, 0) is 9.59 Å². The van der Waals surface area contributed by atoms with E-state index in [4.69, 9.17) is 5.11 Å². The lowest BCUT2D eigenvalue weighted by molar-refractivity contribution is -0.189. The minimum atomic E-state index is -5.20. The highest BCUT2D eigenvalue weighted by molar-refractivity contribution is 5.86. The van der Waals surface area contributed by atoms with Crippen LogP contribution < -0.4 is 0 Å². The van der Waals surface area contributed by atoms with Crippen LogP contribution in [0.1, 0.15) is 6.92 Å². The van der Waals surface area contributed by atoms with Crippen molar-refractivity contribution in [3.05, 3.63) is 0 Å². The number of aliphatic carboxylic acids is 1. The fourth-order valence-electron chi connectivity index (χ4n) is 0.858. The van der Waals surface area contributed by atoms with E-state index in [1.54, 1.807) is 0 Å². The molecule has 0 aliphatic heterocycles. The molecule has 0 aromatic carbocycles. The number of rotatable bonds is 4. The van der Waals surface area contributed by atoms with E-state index in [9.17, 15) is 27.2 Å². The van der Waals surface area contributed by atoms with Crippen LogP contribution in [0.5, 0.6) is 0 Å². The smallest absolute Gasteiger partial charge is 0.471 e. The largest absolute Gasteiger partial charge is 0.480 e. The molecule has 8 heteroatoms.